The van der Waals surface area contributed by atoms with E-state index >= 15 is 0 Å². The van der Waals surface area contributed by atoms with Crippen LogP contribution in [0.1, 0.15) is 17.3 Å². The highest BCUT2D eigenvalue weighted by Gasteiger charge is 2.25. The lowest BCUT2D eigenvalue weighted by Gasteiger charge is -2.31. The Hall–Kier alpha value is -2.13. The molecule has 1 N–H and O–H groups in total. The van der Waals surface area contributed by atoms with Crippen molar-refractivity contribution in [1.82, 2.24) is 9.62 Å². The minimum atomic E-state index is -3.81. The van der Waals surface area contributed by atoms with Crippen molar-refractivity contribution in [2.24, 2.45) is 0 Å². The van der Waals surface area contributed by atoms with Gasteiger partial charge in [0, 0.05) is 19.6 Å². The van der Waals surface area contributed by atoms with Gasteiger partial charge < -0.3 is 14.4 Å². The number of hydrogen-bond donors (Lipinski definition) is 1. The third kappa shape index (κ3) is 5.70. The number of morpholine rings is 1. The van der Waals surface area contributed by atoms with Crippen LogP contribution in [0.25, 0.3) is 0 Å². The Morgan fingerprint density at radius 2 is 2.03 bits per heavy atom. The predicted octanol–water partition coefficient (Wildman–Crippen LogP) is 2.56. The number of sulfonamides is 1. The molecular weight excluding hydrogens is 416 g/mol. The average Bonchev–Trinajstić information content (AvgIpc) is 2.72. The molecule has 7 nitrogen and oxygen atoms in total. The molecule has 0 saturated carbocycles. The fraction of sp³-hybridized carbons (Fsp3) is 0.350. The lowest BCUT2D eigenvalue weighted by atomic mass is 10.1. The van der Waals surface area contributed by atoms with E-state index in [0.29, 0.717) is 25.4 Å². The highest BCUT2D eigenvalue weighted by Crippen LogP contribution is 2.23. The first-order chi connectivity index (χ1) is 13.9. The van der Waals surface area contributed by atoms with Gasteiger partial charge in [-0.05, 0) is 37.3 Å². The maximum Gasteiger partial charge on any atom is 0.255 e. The molecule has 1 aliphatic rings. The summed E-state index contributed by atoms with van der Waals surface area (Å²) in [6, 6.07) is 13.2. The quantitative estimate of drug-likeness (QED) is 0.671. The average molecular weight is 439 g/mol. The van der Waals surface area contributed by atoms with E-state index in [-0.39, 0.29) is 40.6 Å². The van der Waals surface area contributed by atoms with Gasteiger partial charge in [-0.1, -0.05) is 29.8 Å². The number of rotatable bonds is 7. The fourth-order valence-corrected chi connectivity index (χ4v) is 4.19. The van der Waals surface area contributed by atoms with Crippen molar-refractivity contribution in [3.8, 4) is 5.75 Å². The SMILES string of the molecule is CC1CN(C(=O)c2cc(S(=O)(=O)NCCOc3ccccc3)ccc2Cl)CCO1. The molecule has 156 valence electrons. The highest BCUT2D eigenvalue weighted by molar-refractivity contribution is 7.89. The molecule has 1 fully saturated rings. The van der Waals surface area contributed by atoms with Crippen molar-refractivity contribution in [1.29, 1.82) is 0 Å². The Kier molecular flexibility index (Phi) is 7.13. The van der Waals surface area contributed by atoms with Gasteiger partial charge in [0.1, 0.15) is 12.4 Å². The van der Waals surface area contributed by atoms with Gasteiger partial charge in [-0.2, -0.15) is 0 Å². The summed E-state index contributed by atoms with van der Waals surface area (Å²) in [6.07, 6.45) is -0.0790. The van der Waals surface area contributed by atoms with Crippen molar-refractivity contribution in [3.05, 3.63) is 59.1 Å². The van der Waals surface area contributed by atoms with Gasteiger partial charge in [0.05, 0.1) is 28.2 Å². The number of ether oxygens (including phenoxy) is 2. The van der Waals surface area contributed by atoms with Gasteiger partial charge in [0.2, 0.25) is 10.0 Å². The van der Waals surface area contributed by atoms with E-state index in [4.69, 9.17) is 21.1 Å². The third-order valence-electron chi connectivity index (χ3n) is 4.41. The zero-order valence-electron chi connectivity index (χ0n) is 16.0. The zero-order valence-corrected chi connectivity index (χ0v) is 17.6. The third-order valence-corrected chi connectivity index (χ3v) is 6.20. The summed E-state index contributed by atoms with van der Waals surface area (Å²) < 4.78 is 38.6. The summed E-state index contributed by atoms with van der Waals surface area (Å²) in [6.45, 7) is 3.44. The fourth-order valence-electron chi connectivity index (χ4n) is 2.95. The van der Waals surface area contributed by atoms with Crippen molar-refractivity contribution >= 4 is 27.5 Å². The molecule has 1 unspecified atom stereocenters. The zero-order chi connectivity index (χ0) is 20.9. The largest absolute Gasteiger partial charge is 0.492 e. The summed E-state index contributed by atoms with van der Waals surface area (Å²) in [5.74, 6) is 0.348. The number of benzene rings is 2. The number of carbonyl (C=O) groups is 1. The van der Waals surface area contributed by atoms with E-state index in [1.807, 2.05) is 25.1 Å². The van der Waals surface area contributed by atoms with E-state index in [9.17, 15) is 13.2 Å². The van der Waals surface area contributed by atoms with Crippen LogP contribution in [0.5, 0.6) is 5.75 Å². The van der Waals surface area contributed by atoms with Crippen LogP contribution in [-0.4, -0.2) is 58.2 Å². The number of nitrogens with zero attached hydrogens (tertiary/aromatic N) is 1. The molecule has 0 aliphatic carbocycles. The van der Waals surface area contributed by atoms with Crippen molar-refractivity contribution in [3.63, 3.8) is 0 Å². The second-order valence-corrected chi connectivity index (χ2v) is 8.81. The van der Waals surface area contributed by atoms with E-state index in [0.717, 1.165) is 0 Å². The monoisotopic (exact) mass is 438 g/mol. The number of amides is 1. The number of hydrogen-bond acceptors (Lipinski definition) is 5. The maximum atomic E-state index is 12.8. The van der Waals surface area contributed by atoms with Crippen LogP contribution >= 0.6 is 11.6 Å². The molecule has 1 atom stereocenters. The first-order valence-corrected chi connectivity index (χ1v) is 11.1. The lowest BCUT2D eigenvalue weighted by molar-refractivity contribution is -0.0124. The van der Waals surface area contributed by atoms with Gasteiger partial charge in [-0.15, -0.1) is 0 Å². The van der Waals surface area contributed by atoms with E-state index in [1.165, 1.54) is 18.2 Å². The number of para-hydroxylation sites is 1. The molecule has 3 rings (SSSR count). The minimum absolute atomic E-state index is 0.0220. The Balaban J connectivity index is 1.66. The minimum Gasteiger partial charge on any atom is -0.492 e. The van der Waals surface area contributed by atoms with Gasteiger partial charge in [-0.25, -0.2) is 13.1 Å². The number of halogens is 1. The molecular formula is C20H23ClN2O5S. The van der Waals surface area contributed by atoms with E-state index < -0.39 is 10.0 Å². The van der Waals surface area contributed by atoms with Gasteiger partial charge in [0.15, 0.2) is 0 Å². The number of nitrogens with one attached hydrogen (secondary N) is 1. The topological polar surface area (TPSA) is 84.9 Å². The van der Waals surface area contributed by atoms with Crippen LogP contribution in [0.2, 0.25) is 5.02 Å². The second-order valence-electron chi connectivity index (χ2n) is 6.63. The van der Waals surface area contributed by atoms with Crippen LogP contribution in [0, 0.1) is 0 Å². The van der Waals surface area contributed by atoms with E-state index in [2.05, 4.69) is 4.72 Å². The summed E-state index contributed by atoms with van der Waals surface area (Å²) in [4.78, 5) is 14.4. The molecule has 1 heterocycles. The molecule has 0 bridgehead atoms. The van der Waals surface area contributed by atoms with Gasteiger partial charge in [0.25, 0.3) is 5.91 Å². The van der Waals surface area contributed by atoms with Crippen LogP contribution in [0.4, 0.5) is 0 Å². The van der Waals surface area contributed by atoms with Crippen LogP contribution in [-0.2, 0) is 14.8 Å². The molecule has 29 heavy (non-hydrogen) atoms. The Bertz CT molecular complexity index is 953. The Morgan fingerprint density at radius 3 is 2.76 bits per heavy atom. The molecule has 2 aromatic carbocycles. The van der Waals surface area contributed by atoms with Gasteiger partial charge in [-0.3, -0.25) is 4.79 Å². The maximum absolute atomic E-state index is 12.8. The standard InChI is InChI=1S/C20H23ClN2O5S/c1-15-14-23(10-12-27-15)20(24)18-13-17(7-8-19(18)21)29(25,26)22-9-11-28-16-5-3-2-4-6-16/h2-8,13,15,22H,9-12,14H2,1H3. The molecule has 9 heteroatoms. The van der Waals surface area contributed by atoms with E-state index in [1.54, 1.807) is 17.0 Å². The van der Waals surface area contributed by atoms with Crippen molar-refractivity contribution in [2.45, 2.75) is 17.9 Å². The molecule has 1 aliphatic heterocycles. The lowest BCUT2D eigenvalue weighted by Crippen LogP contribution is -2.44. The summed E-state index contributed by atoms with van der Waals surface area (Å²) in [5, 5.41) is 0.209. The van der Waals surface area contributed by atoms with Crippen LogP contribution in [0.15, 0.2) is 53.4 Å². The first-order valence-electron chi connectivity index (χ1n) is 9.25. The molecule has 0 radical (unpaired) electrons. The number of carbonyl (C=O) groups excluding carboxylic acids is 1. The summed E-state index contributed by atoms with van der Waals surface area (Å²) >= 11 is 6.18. The summed E-state index contributed by atoms with van der Waals surface area (Å²) in [7, 11) is -3.81. The smallest absolute Gasteiger partial charge is 0.255 e. The second kappa shape index (κ2) is 9.58. The molecule has 0 spiro atoms. The van der Waals surface area contributed by atoms with Crippen molar-refractivity contribution < 1.29 is 22.7 Å². The van der Waals surface area contributed by atoms with Crippen molar-refractivity contribution in [2.75, 3.05) is 32.8 Å². The molecule has 1 amide bonds. The van der Waals surface area contributed by atoms with Crippen LogP contribution < -0.4 is 9.46 Å². The van der Waals surface area contributed by atoms with Crippen LogP contribution in [0.3, 0.4) is 0 Å². The summed E-state index contributed by atoms with van der Waals surface area (Å²) in [5.41, 5.74) is 0.157. The molecule has 0 aromatic heterocycles. The molecule has 2 aromatic rings. The Labute approximate surface area is 175 Å². The Morgan fingerprint density at radius 1 is 1.28 bits per heavy atom. The normalized spacial score (nSPS) is 17.2. The van der Waals surface area contributed by atoms with Gasteiger partial charge >= 0.3 is 0 Å². The highest BCUT2D eigenvalue weighted by atomic mass is 35.5. The molecule has 1 saturated heterocycles. The first kappa shape index (κ1) is 21.6. The predicted molar refractivity (Wildman–Crippen MR) is 110 cm³/mol.